The molecule has 2 bridgehead atoms. The van der Waals surface area contributed by atoms with Gasteiger partial charge in [-0.25, -0.2) is 4.39 Å². The summed E-state index contributed by atoms with van der Waals surface area (Å²) in [5.74, 6) is -0.267. The molecule has 8 heteroatoms. The molecule has 2 fully saturated rings. The monoisotopic (exact) mass is 325 g/mol. The number of nitrogens with zero attached hydrogens (tertiary/aromatic N) is 2. The van der Waals surface area contributed by atoms with Gasteiger partial charge in [0.2, 0.25) is 0 Å². The molecule has 0 aromatic heterocycles. The van der Waals surface area contributed by atoms with E-state index in [4.69, 9.17) is 10.00 Å². The lowest BCUT2D eigenvalue weighted by Crippen LogP contribution is -2.41. The van der Waals surface area contributed by atoms with Crippen LogP contribution in [0.15, 0.2) is 12.1 Å². The van der Waals surface area contributed by atoms with Crippen LogP contribution in [0.2, 0.25) is 0 Å². The number of nitrogens with one attached hydrogen (secondary N) is 1. The maximum Gasteiger partial charge on any atom is 0.301 e. The molecule has 2 aliphatic rings. The van der Waals surface area contributed by atoms with E-state index in [0.29, 0.717) is 12.5 Å². The number of piperidine rings is 1. The van der Waals surface area contributed by atoms with Crippen LogP contribution >= 0.6 is 0 Å². The molecule has 0 unspecified atom stereocenters. The Bertz CT molecular complexity index is 744. The van der Waals surface area contributed by atoms with Gasteiger partial charge >= 0.3 is 10.2 Å². The highest BCUT2D eigenvalue weighted by molar-refractivity contribution is 7.90. The van der Waals surface area contributed by atoms with Gasteiger partial charge in [0.15, 0.2) is 0 Å². The van der Waals surface area contributed by atoms with E-state index in [9.17, 15) is 12.8 Å². The molecule has 22 heavy (non-hydrogen) atoms. The number of hydrogen-bond acceptors (Lipinski definition) is 4. The third kappa shape index (κ3) is 2.51. The number of halogens is 1. The molecule has 1 aromatic rings. The van der Waals surface area contributed by atoms with Crippen LogP contribution in [0, 0.1) is 23.1 Å². The highest BCUT2D eigenvalue weighted by atomic mass is 32.2. The Kier molecular flexibility index (Phi) is 3.70. The van der Waals surface area contributed by atoms with E-state index in [1.54, 1.807) is 6.07 Å². The molecule has 1 heterocycles. The first-order valence-electron chi connectivity index (χ1n) is 7.02. The molecular formula is C14H16FN3O3S. The van der Waals surface area contributed by atoms with Gasteiger partial charge in [-0.15, -0.1) is 0 Å². The Morgan fingerprint density at radius 3 is 2.77 bits per heavy atom. The van der Waals surface area contributed by atoms with Crippen LogP contribution < -0.4 is 9.46 Å². The average Bonchev–Trinajstić information content (AvgIpc) is 3.11. The van der Waals surface area contributed by atoms with Gasteiger partial charge in [0.1, 0.15) is 17.6 Å². The minimum Gasteiger partial charge on any atom is -0.495 e. The first kappa shape index (κ1) is 15.1. The zero-order valence-electron chi connectivity index (χ0n) is 12.0. The number of methoxy groups -OCH3 is 1. The number of anilines is 1. The molecule has 3 rings (SSSR count). The van der Waals surface area contributed by atoms with Crippen molar-refractivity contribution in [3.63, 3.8) is 0 Å². The van der Waals surface area contributed by atoms with Crippen molar-refractivity contribution in [2.45, 2.75) is 25.3 Å². The van der Waals surface area contributed by atoms with Crippen LogP contribution in [0.5, 0.6) is 5.75 Å². The zero-order valence-corrected chi connectivity index (χ0v) is 12.9. The molecule has 1 aliphatic heterocycles. The summed E-state index contributed by atoms with van der Waals surface area (Å²) in [7, 11) is -2.47. The van der Waals surface area contributed by atoms with Crippen LogP contribution in [0.3, 0.4) is 0 Å². The van der Waals surface area contributed by atoms with Crippen molar-refractivity contribution in [1.82, 2.24) is 4.31 Å². The third-order valence-electron chi connectivity index (χ3n) is 4.32. The zero-order chi connectivity index (χ0) is 15.9. The quantitative estimate of drug-likeness (QED) is 0.916. The molecule has 1 N–H and O–H groups in total. The number of rotatable bonds is 4. The number of nitriles is 1. The standard InChI is InChI=1S/C14H16FN3O3S/c1-21-14-6-13(12(15)5-10(14)7-16)17-22(19,20)18-8-9-2-3-11(18)4-9/h5-6,9,11,17H,2-4,8H2,1H3/t9-,11-/m0/s1. The fraction of sp³-hybridized carbons (Fsp3) is 0.500. The van der Waals surface area contributed by atoms with Gasteiger partial charge in [-0.3, -0.25) is 4.72 Å². The summed E-state index contributed by atoms with van der Waals surface area (Å²) in [6.07, 6.45) is 2.78. The maximum absolute atomic E-state index is 14.0. The third-order valence-corrected chi connectivity index (χ3v) is 5.86. The maximum atomic E-state index is 14.0. The summed E-state index contributed by atoms with van der Waals surface area (Å²) < 4.78 is 47.6. The smallest absolute Gasteiger partial charge is 0.301 e. The van der Waals surface area contributed by atoms with Gasteiger partial charge in [-0.2, -0.15) is 18.0 Å². The lowest BCUT2D eigenvalue weighted by atomic mass is 10.1. The van der Waals surface area contributed by atoms with Gasteiger partial charge in [-0.05, 0) is 31.2 Å². The summed E-state index contributed by atoms with van der Waals surface area (Å²) >= 11 is 0. The van der Waals surface area contributed by atoms with Gasteiger partial charge in [0.25, 0.3) is 0 Å². The topological polar surface area (TPSA) is 82.4 Å². The lowest BCUT2D eigenvalue weighted by molar-refractivity contribution is 0.335. The van der Waals surface area contributed by atoms with Crippen molar-refractivity contribution in [1.29, 1.82) is 5.26 Å². The van der Waals surface area contributed by atoms with E-state index >= 15 is 0 Å². The SMILES string of the molecule is COc1cc(NS(=O)(=O)N2C[C@H]3CC[C@H]2C3)c(F)cc1C#N. The summed E-state index contributed by atoms with van der Waals surface area (Å²) in [6.45, 7) is 0.481. The minimum absolute atomic E-state index is 0.00541. The van der Waals surface area contributed by atoms with Crippen molar-refractivity contribution in [2.24, 2.45) is 5.92 Å². The Labute approximate surface area is 128 Å². The summed E-state index contributed by atoms with van der Waals surface area (Å²) in [6, 6.07) is 3.97. The summed E-state index contributed by atoms with van der Waals surface area (Å²) in [5.41, 5.74) is -0.193. The fourth-order valence-corrected chi connectivity index (χ4v) is 4.80. The molecule has 1 aromatic carbocycles. The van der Waals surface area contributed by atoms with Crippen molar-refractivity contribution in [3.05, 3.63) is 23.5 Å². The predicted molar refractivity (Wildman–Crippen MR) is 78.0 cm³/mol. The van der Waals surface area contributed by atoms with Crippen LogP contribution in [-0.2, 0) is 10.2 Å². The first-order chi connectivity index (χ1) is 10.4. The van der Waals surface area contributed by atoms with Gasteiger partial charge in [0.05, 0.1) is 18.4 Å². The van der Waals surface area contributed by atoms with E-state index in [1.165, 1.54) is 17.5 Å². The van der Waals surface area contributed by atoms with Crippen molar-refractivity contribution >= 4 is 15.9 Å². The van der Waals surface area contributed by atoms with Crippen molar-refractivity contribution in [2.75, 3.05) is 18.4 Å². The summed E-state index contributed by atoms with van der Waals surface area (Å²) in [4.78, 5) is 0. The molecule has 0 spiro atoms. The molecule has 118 valence electrons. The van der Waals surface area contributed by atoms with Crippen LogP contribution in [0.4, 0.5) is 10.1 Å². The largest absolute Gasteiger partial charge is 0.495 e. The predicted octanol–water partition coefficient (Wildman–Crippen LogP) is 1.85. The van der Waals surface area contributed by atoms with Gasteiger partial charge < -0.3 is 4.74 Å². The second-order valence-electron chi connectivity index (χ2n) is 5.65. The number of hydrogen-bond donors (Lipinski definition) is 1. The molecule has 1 aliphatic carbocycles. The van der Waals surface area contributed by atoms with E-state index in [0.717, 1.165) is 25.3 Å². The molecule has 0 amide bonds. The van der Waals surface area contributed by atoms with Crippen molar-refractivity contribution in [3.8, 4) is 11.8 Å². The number of ether oxygens (including phenoxy) is 1. The Balaban J connectivity index is 1.88. The molecule has 1 saturated carbocycles. The molecule has 1 saturated heterocycles. The molecular weight excluding hydrogens is 309 g/mol. The minimum atomic E-state index is -3.81. The highest BCUT2D eigenvalue weighted by Crippen LogP contribution is 2.39. The van der Waals surface area contributed by atoms with Crippen LogP contribution in [-0.4, -0.2) is 32.4 Å². The Morgan fingerprint density at radius 2 is 2.23 bits per heavy atom. The molecule has 0 radical (unpaired) electrons. The Hall–Kier alpha value is -1.85. The Morgan fingerprint density at radius 1 is 1.45 bits per heavy atom. The van der Waals surface area contributed by atoms with E-state index in [2.05, 4.69) is 4.72 Å². The summed E-state index contributed by atoms with van der Waals surface area (Å²) in [5, 5.41) is 8.90. The lowest BCUT2D eigenvalue weighted by Gasteiger charge is -2.26. The second-order valence-corrected chi connectivity index (χ2v) is 7.28. The normalized spacial score (nSPS) is 24.2. The molecule has 2 atom stereocenters. The second kappa shape index (κ2) is 5.41. The van der Waals surface area contributed by atoms with E-state index in [-0.39, 0.29) is 23.0 Å². The highest BCUT2D eigenvalue weighted by Gasteiger charge is 2.44. The van der Waals surface area contributed by atoms with E-state index < -0.39 is 16.0 Å². The van der Waals surface area contributed by atoms with Gasteiger partial charge in [-0.1, -0.05) is 0 Å². The van der Waals surface area contributed by atoms with Crippen LogP contribution in [0.25, 0.3) is 0 Å². The number of benzene rings is 1. The fourth-order valence-electron chi connectivity index (χ4n) is 3.26. The first-order valence-corrected chi connectivity index (χ1v) is 8.46. The average molecular weight is 325 g/mol. The van der Waals surface area contributed by atoms with E-state index in [1.807, 2.05) is 0 Å². The van der Waals surface area contributed by atoms with Crippen molar-refractivity contribution < 1.29 is 17.5 Å². The number of fused-ring (bicyclic) bond motifs is 2. The van der Waals surface area contributed by atoms with Gasteiger partial charge in [0, 0.05) is 18.7 Å². The van der Waals surface area contributed by atoms with Crippen LogP contribution in [0.1, 0.15) is 24.8 Å². The molecule has 6 nitrogen and oxygen atoms in total.